The molecule has 0 aliphatic carbocycles. The minimum absolute atomic E-state index is 0. The highest BCUT2D eigenvalue weighted by Gasteiger charge is 2.11. The summed E-state index contributed by atoms with van der Waals surface area (Å²) in [7, 11) is 0. The van der Waals surface area contributed by atoms with Gasteiger partial charge in [0.2, 0.25) is 11.8 Å². The van der Waals surface area contributed by atoms with Gasteiger partial charge in [0.25, 0.3) is 5.69 Å². The number of nitro benzene ring substituents is 1. The second-order valence-electron chi connectivity index (χ2n) is 3.01. The summed E-state index contributed by atoms with van der Waals surface area (Å²) in [4.78, 5) is 10.1. The second kappa shape index (κ2) is 6.90. The summed E-state index contributed by atoms with van der Waals surface area (Å²) in [5.41, 5.74) is 5.79. The zero-order valence-corrected chi connectivity index (χ0v) is 10.6. The molecule has 0 aliphatic rings. The maximum absolute atomic E-state index is 10.6. The molecule has 7 nitrogen and oxygen atoms in total. The van der Waals surface area contributed by atoms with Crippen molar-refractivity contribution in [3.63, 3.8) is 0 Å². The smallest absolute Gasteiger partial charge is 0.270 e. The lowest BCUT2D eigenvalue weighted by Gasteiger charge is -1.94. The molecular formula is C9H10Cl2N4O3. The van der Waals surface area contributed by atoms with Gasteiger partial charge in [0.1, 0.15) is 0 Å². The Labute approximate surface area is 114 Å². The van der Waals surface area contributed by atoms with Crippen molar-refractivity contribution in [3.05, 3.63) is 40.3 Å². The van der Waals surface area contributed by atoms with Gasteiger partial charge in [-0.2, -0.15) is 0 Å². The van der Waals surface area contributed by atoms with Crippen molar-refractivity contribution in [1.82, 2.24) is 10.2 Å². The second-order valence-corrected chi connectivity index (χ2v) is 3.01. The molecule has 0 unspecified atom stereocenters. The quantitative estimate of drug-likeness (QED) is 0.684. The van der Waals surface area contributed by atoms with E-state index >= 15 is 0 Å². The Bertz CT molecular complexity index is 532. The number of hydrogen-bond acceptors (Lipinski definition) is 6. The molecule has 1 aromatic carbocycles. The van der Waals surface area contributed by atoms with E-state index in [2.05, 4.69) is 10.2 Å². The first-order valence-corrected chi connectivity index (χ1v) is 4.48. The topological polar surface area (TPSA) is 108 Å². The number of aromatic nitrogens is 2. The Morgan fingerprint density at radius 1 is 1.33 bits per heavy atom. The van der Waals surface area contributed by atoms with Crippen LogP contribution in [-0.2, 0) is 6.54 Å². The SMILES string of the molecule is Cl.Cl.NCc1nnc(-c2cccc([N+](=O)[O-])c2)o1. The normalized spacial score (nSPS) is 9.17. The van der Waals surface area contributed by atoms with Crippen LogP contribution in [0.2, 0.25) is 0 Å². The molecule has 0 saturated heterocycles. The minimum atomic E-state index is -0.482. The van der Waals surface area contributed by atoms with Gasteiger partial charge < -0.3 is 10.2 Å². The van der Waals surface area contributed by atoms with E-state index in [0.717, 1.165) is 0 Å². The molecule has 0 bridgehead atoms. The Morgan fingerprint density at radius 3 is 2.61 bits per heavy atom. The molecular weight excluding hydrogens is 283 g/mol. The zero-order valence-electron chi connectivity index (χ0n) is 8.98. The fourth-order valence-corrected chi connectivity index (χ4v) is 1.21. The standard InChI is InChI=1S/C9H8N4O3.2ClH/c10-5-8-11-12-9(16-8)6-2-1-3-7(4-6)13(14)15;;/h1-4H,5,10H2;2*1H. The van der Waals surface area contributed by atoms with Crippen LogP contribution in [0.4, 0.5) is 5.69 Å². The van der Waals surface area contributed by atoms with Crippen molar-refractivity contribution in [2.24, 2.45) is 5.73 Å². The number of nitro groups is 1. The molecule has 98 valence electrons. The number of benzene rings is 1. The molecule has 9 heteroatoms. The molecule has 2 aromatic rings. The maximum atomic E-state index is 10.6. The van der Waals surface area contributed by atoms with E-state index in [1.807, 2.05) is 0 Å². The van der Waals surface area contributed by atoms with Crippen LogP contribution in [0, 0.1) is 10.1 Å². The molecule has 0 radical (unpaired) electrons. The fraction of sp³-hybridized carbons (Fsp3) is 0.111. The molecule has 18 heavy (non-hydrogen) atoms. The number of rotatable bonds is 3. The molecule has 0 aliphatic heterocycles. The summed E-state index contributed by atoms with van der Waals surface area (Å²) < 4.78 is 5.18. The highest BCUT2D eigenvalue weighted by Crippen LogP contribution is 2.22. The first kappa shape index (κ1) is 16.3. The predicted molar refractivity (Wildman–Crippen MR) is 68.8 cm³/mol. The van der Waals surface area contributed by atoms with Crippen molar-refractivity contribution >= 4 is 30.5 Å². The van der Waals surface area contributed by atoms with E-state index in [0.29, 0.717) is 11.5 Å². The molecule has 0 amide bonds. The third kappa shape index (κ3) is 3.39. The Balaban J connectivity index is 0.00000144. The largest absolute Gasteiger partial charge is 0.419 e. The van der Waals surface area contributed by atoms with E-state index < -0.39 is 4.92 Å². The molecule has 0 fully saturated rings. The van der Waals surface area contributed by atoms with Gasteiger partial charge in [-0.15, -0.1) is 35.0 Å². The van der Waals surface area contributed by atoms with Crippen LogP contribution in [0.25, 0.3) is 11.5 Å². The van der Waals surface area contributed by atoms with Crippen molar-refractivity contribution in [1.29, 1.82) is 0 Å². The summed E-state index contributed by atoms with van der Waals surface area (Å²) in [6.45, 7) is 0.141. The molecule has 1 aromatic heterocycles. The van der Waals surface area contributed by atoms with Gasteiger partial charge in [0.05, 0.1) is 11.5 Å². The van der Waals surface area contributed by atoms with E-state index in [-0.39, 0.29) is 42.9 Å². The van der Waals surface area contributed by atoms with E-state index in [4.69, 9.17) is 10.2 Å². The lowest BCUT2D eigenvalue weighted by Crippen LogP contribution is -1.95. The van der Waals surface area contributed by atoms with Gasteiger partial charge in [-0.25, -0.2) is 0 Å². The van der Waals surface area contributed by atoms with Gasteiger partial charge in [0.15, 0.2) is 0 Å². The van der Waals surface area contributed by atoms with Crippen molar-refractivity contribution in [2.75, 3.05) is 0 Å². The lowest BCUT2D eigenvalue weighted by atomic mass is 10.2. The lowest BCUT2D eigenvalue weighted by molar-refractivity contribution is -0.384. The monoisotopic (exact) mass is 292 g/mol. The van der Waals surface area contributed by atoms with Gasteiger partial charge in [-0.1, -0.05) is 6.07 Å². The van der Waals surface area contributed by atoms with Crippen LogP contribution in [0.1, 0.15) is 5.89 Å². The summed E-state index contributed by atoms with van der Waals surface area (Å²) in [5, 5.41) is 18.0. The number of nitrogens with zero attached hydrogens (tertiary/aromatic N) is 3. The fourth-order valence-electron chi connectivity index (χ4n) is 1.21. The number of hydrogen-bond donors (Lipinski definition) is 1. The summed E-state index contributed by atoms with van der Waals surface area (Å²) in [6, 6.07) is 5.97. The molecule has 0 atom stereocenters. The van der Waals surface area contributed by atoms with Gasteiger partial charge in [-0.3, -0.25) is 10.1 Å². The van der Waals surface area contributed by atoms with Crippen LogP contribution in [0.15, 0.2) is 28.7 Å². The van der Waals surface area contributed by atoms with Crippen LogP contribution < -0.4 is 5.73 Å². The predicted octanol–water partition coefficient (Wildman–Crippen LogP) is 1.95. The minimum Gasteiger partial charge on any atom is -0.419 e. The van der Waals surface area contributed by atoms with Crippen molar-refractivity contribution in [2.45, 2.75) is 6.54 Å². The van der Waals surface area contributed by atoms with Gasteiger partial charge in [0, 0.05) is 17.7 Å². The molecule has 2 rings (SSSR count). The van der Waals surface area contributed by atoms with Crippen LogP contribution in [0.3, 0.4) is 0 Å². The Morgan fingerprint density at radius 2 is 2.06 bits per heavy atom. The van der Waals surface area contributed by atoms with Gasteiger partial charge >= 0.3 is 0 Å². The highest BCUT2D eigenvalue weighted by atomic mass is 35.5. The maximum Gasteiger partial charge on any atom is 0.270 e. The van der Waals surface area contributed by atoms with Crippen LogP contribution >= 0.6 is 24.8 Å². The first-order chi connectivity index (χ1) is 7.70. The molecule has 2 N–H and O–H groups in total. The van der Waals surface area contributed by atoms with E-state index in [1.54, 1.807) is 12.1 Å². The Kier molecular flexibility index (Phi) is 6.24. The highest BCUT2D eigenvalue weighted by molar-refractivity contribution is 5.85. The third-order valence-electron chi connectivity index (χ3n) is 1.95. The average Bonchev–Trinajstić information content (AvgIpc) is 2.77. The Hall–Kier alpha value is -1.70. The third-order valence-corrected chi connectivity index (χ3v) is 1.95. The molecule has 0 spiro atoms. The summed E-state index contributed by atoms with van der Waals surface area (Å²) in [5.74, 6) is 0.519. The molecule has 1 heterocycles. The van der Waals surface area contributed by atoms with Crippen molar-refractivity contribution in [3.8, 4) is 11.5 Å². The van der Waals surface area contributed by atoms with E-state index in [9.17, 15) is 10.1 Å². The first-order valence-electron chi connectivity index (χ1n) is 4.48. The summed E-state index contributed by atoms with van der Waals surface area (Å²) >= 11 is 0. The van der Waals surface area contributed by atoms with Crippen LogP contribution in [0.5, 0.6) is 0 Å². The number of halogens is 2. The number of non-ortho nitro benzene ring substituents is 1. The van der Waals surface area contributed by atoms with Crippen molar-refractivity contribution < 1.29 is 9.34 Å². The van der Waals surface area contributed by atoms with E-state index in [1.165, 1.54) is 12.1 Å². The number of nitrogens with two attached hydrogens (primary N) is 1. The summed E-state index contributed by atoms with van der Waals surface area (Å²) in [6.07, 6.45) is 0. The van der Waals surface area contributed by atoms with Gasteiger partial charge in [-0.05, 0) is 6.07 Å². The zero-order chi connectivity index (χ0) is 11.5. The molecule has 0 saturated carbocycles. The average molecular weight is 293 g/mol. The van der Waals surface area contributed by atoms with Crippen LogP contribution in [-0.4, -0.2) is 15.1 Å².